The molecule has 1 aliphatic carbocycles. The number of hydrogen-bond donors (Lipinski definition) is 2. The van der Waals surface area contributed by atoms with E-state index in [0.29, 0.717) is 31.1 Å². The Kier molecular flexibility index (Phi) is 6.35. The van der Waals surface area contributed by atoms with Crippen LogP contribution in [0.15, 0.2) is 33.9 Å². The van der Waals surface area contributed by atoms with Crippen molar-refractivity contribution in [2.24, 2.45) is 5.92 Å². The fraction of sp³-hybridized carbons (Fsp3) is 0.476. The van der Waals surface area contributed by atoms with E-state index in [1.165, 1.54) is 0 Å². The van der Waals surface area contributed by atoms with E-state index in [-0.39, 0.29) is 11.0 Å². The molecule has 1 aliphatic heterocycles. The third kappa shape index (κ3) is 4.72. The predicted octanol–water partition coefficient (Wildman–Crippen LogP) is 2.29. The molecule has 1 aromatic carbocycles. The molecule has 1 saturated heterocycles. The lowest BCUT2D eigenvalue weighted by Crippen LogP contribution is -2.51. The number of carbonyl (C=O) groups is 3. The number of nitrogens with one attached hydrogen (secondary N) is 2. The van der Waals surface area contributed by atoms with Crippen molar-refractivity contribution in [3.05, 3.63) is 35.7 Å². The van der Waals surface area contributed by atoms with Crippen LogP contribution in [0.1, 0.15) is 44.1 Å². The Bertz CT molecular complexity index is 1000. The number of urea groups is 1. The first-order valence-corrected chi connectivity index (χ1v) is 11.4. The molecule has 11 heteroatoms. The molecular weight excluding hydrogens is 434 g/mol. The largest absolute Gasteiger partial charge is 0.497 e. The molecule has 0 radical (unpaired) electrons. The maximum Gasteiger partial charge on any atom is 0.344 e. The van der Waals surface area contributed by atoms with E-state index >= 15 is 0 Å². The second-order valence-electron chi connectivity index (χ2n) is 8.15. The molecule has 1 saturated carbocycles. The van der Waals surface area contributed by atoms with Crippen molar-refractivity contribution in [1.29, 1.82) is 0 Å². The van der Waals surface area contributed by atoms with Gasteiger partial charge in [-0.25, -0.2) is 4.79 Å². The van der Waals surface area contributed by atoms with E-state index in [9.17, 15) is 14.4 Å². The summed E-state index contributed by atoms with van der Waals surface area (Å²) in [5, 5.41) is 11.7. The highest BCUT2D eigenvalue weighted by Crippen LogP contribution is 2.35. The zero-order valence-corrected chi connectivity index (χ0v) is 18.7. The van der Waals surface area contributed by atoms with E-state index in [1.807, 2.05) is 24.3 Å². The van der Waals surface area contributed by atoms with Gasteiger partial charge in [0.25, 0.3) is 11.1 Å². The number of hydrogen-bond acceptors (Lipinski definition) is 8. The molecule has 1 spiro atoms. The zero-order chi connectivity index (χ0) is 22.7. The standard InChI is InChI=1S/C21H25N5O5S/c1-13-7-9-21(10-8-13)18(28)26(19(29)22-21)25-16(27)12-32-20-24-23-17(31-20)11-14-3-5-15(30-2)6-4-14/h3-6,13H,7-12H2,1-2H3,(H,22,29)(H,25,27). The van der Waals surface area contributed by atoms with Crippen molar-refractivity contribution in [2.75, 3.05) is 12.9 Å². The number of rotatable bonds is 7. The number of nitrogens with zero attached hydrogens (tertiary/aromatic N) is 3. The van der Waals surface area contributed by atoms with Gasteiger partial charge in [-0.15, -0.1) is 10.2 Å². The molecule has 170 valence electrons. The monoisotopic (exact) mass is 459 g/mol. The van der Waals surface area contributed by atoms with Crippen molar-refractivity contribution in [2.45, 2.75) is 49.8 Å². The molecule has 2 heterocycles. The molecule has 2 N–H and O–H groups in total. The lowest BCUT2D eigenvalue weighted by atomic mass is 9.77. The van der Waals surface area contributed by atoms with Crippen molar-refractivity contribution in [3.8, 4) is 5.75 Å². The lowest BCUT2D eigenvalue weighted by Gasteiger charge is -2.33. The van der Waals surface area contributed by atoms with Crippen LogP contribution < -0.4 is 15.5 Å². The minimum Gasteiger partial charge on any atom is -0.497 e. The number of aromatic nitrogens is 2. The lowest BCUT2D eigenvalue weighted by molar-refractivity contribution is -0.139. The highest BCUT2D eigenvalue weighted by molar-refractivity contribution is 7.99. The molecule has 2 aliphatic rings. The third-order valence-corrected chi connectivity index (χ3v) is 6.63. The van der Waals surface area contributed by atoms with Crippen molar-refractivity contribution in [3.63, 3.8) is 0 Å². The Labute approximate surface area is 189 Å². The first-order chi connectivity index (χ1) is 15.4. The molecule has 0 atom stereocenters. The van der Waals surface area contributed by atoms with Crippen LogP contribution in [-0.2, 0) is 16.0 Å². The number of carbonyl (C=O) groups excluding carboxylic acids is 3. The summed E-state index contributed by atoms with van der Waals surface area (Å²) in [6, 6.07) is 6.91. The van der Waals surface area contributed by atoms with Crippen LogP contribution in [0.4, 0.5) is 4.79 Å². The minimum absolute atomic E-state index is 0.0781. The highest BCUT2D eigenvalue weighted by atomic mass is 32.2. The van der Waals surface area contributed by atoms with Crippen LogP contribution in [0.2, 0.25) is 0 Å². The molecule has 4 rings (SSSR count). The number of amides is 4. The average molecular weight is 460 g/mol. The van der Waals surface area contributed by atoms with Gasteiger partial charge in [0.2, 0.25) is 11.8 Å². The van der Waals surface area contributed by atoms with E-state index in [1.54, 1.807) is 7.11 Å². The van der Waals surface area contributed by atoms with Crippen LogP contribution in [0.3, 0.4) is 0 Å². The van der Waals surface area contributed by atoms with Crippen molar-refractivity contribution < 1.29 is 23.5 Å². The summed E-state index contributed by atoms with van der Waals surface area (Å²) in [7, 11) is 1.60. The van der Waals surface area contributed by atoms with Gasteiger partial charge in [-0.2, -0.15) is 5.01 Å². The maximum absolute atomic E-state index is 12.8. The predicted molar refractivity (Wildman–Crippen MR) is 115 cm³/mol. The molecule has 1 aromatic heterocycles. The number of ether oxygens (including phenoxy) is 1. The Morgan fingerprint density at radius 1 is 1.28 bits per heavy atom. The summed E-state index contributed by atoms with van der Waals surface area (Å²) in [5.41, 5.74) is 2.48. The second kappa shape index (κ2) is 9.19. The van der Waals surface area contributed by atoms with Crippen LogP contribution in [0, 0.1) is 5.92 Å². The summed E-state index contributed by atoms with van der Waals surface area (Å²) < 4.78 is 10.7. The van der Waals surface area contributed by atoms with Gasteiger partial charge >= 0.3 is 6.03 Å². The SMILES string of the molecule is COc1ccc(Cc2nnc(SCC(=O)NN3C(=O)NC4(CCC(C)CC4)C3=O)o2)cc1. The van der Waals surface area contributed by atoms with Crippen LogP contribution in [-0.4, -0.2) is 51.5 Å². The van der Waals surface area contributed by atoms with Crippen LogP contribution in [0.5, 0.6) is 5.75 Å². The molecule has 10 nitrogen and oxygen atoms in total. The van der Waals surface area contributed by atoms with Crippen molar-refractivity contribution >= 4 is 29.6 Å². The fourth-order valence-corrected chi connectivity index (χ4v) is 4.46. The van der Waals surface area contributed by atoms with E-state index in [0.717, 1.165) is 40.9 Å². The molecule has 2 aromatic rings. The van der Waals surface area contributed by atoms with Crippen molar-refractivity contribution in [1.82, 2.24) is 25.9 Å². The Balaban J connectivity index is 1.28. The fourth-order valence-electron chi connectivity index (χ4n) is 3.89. The highest BCUT2D eigenvalue weighted by Gasteiger charge is 2.52. The summed E-state index contributed by atoms with van der Waals surface area (Å²) in [6.45, 7) is 2.13. The Morgan fingerprint density at radius 3 is 2.69 bits per heavy atom. The minimum atomic E-state index is -0.896. The van der Waals surface area contributed by atoms with Crippen LogP contribution in [0.25, 0.3) is 0 Å². The first kappa shape index (κ1) is 22.1. The van der Waals surface area contributed by atoms with Gasteiger partial charge in [-0.3, -0.25) is 15.0 Å². The normalized spacial score (nSPS) is 22.8. The quantitative estimate of drug-likeness (QED) is 0.477. The molecule has 32 heavy (non-hydrogen) atoms. The number of thioether (sulfide) groups is 1. The Hall–Kier alpha value is -3.08. The molecular formula is C21H25N5O5S. The van der Waals surface area contributed by atoms with Gasteiger partial charge in [0, 0.05) is 0 Å². The molecule has 4 amide bonds. The van der Waals surface area contributed by atoms with Gasteiger partial charge < -0.3 is 14.5 Å². The summed E-state index contributed by atoms with van der Waals surface area (Å²) in [6.07, 6.45) is 3.34. The number of benzene rings is 1. The number of methoxy groups -OCH3 is 1. The zero-order valence-electron chi connectivity index (χ0n) is 17.9. The van der Waals surface area contributed by atoms with Gasteiger partial charge in [0.15, 0.2) is 0 Å². The molecule has 2 fully saturated rings. The van der Waals surface area contributed by atoms with E-state index in [4.69, 9.17) is 9.15 Å². The average Bonchev–Trinajstić information content (AvgIpc) is 3.33. The van der Waals surface area contributed by atoms with Gasteiger partial charge in [0.05, 0.1) is 19.3 Å². The topological polar surface area (TPSA) is 127 Å². The third-order valence-electron chi connectivity index (χ3n) is 5.82. The smallest absolute Gasteiger partial charge is 0.344 e. The number of hydrazine groups is 1. The number of imide groups is 1. The van der Waals surface area contributed by atoms with E-state index in [2.05, 4.69) is 27.9 Å². The van der Waals surface area contributed by atoms with E-state index < -0.39 is 23.4 Å². The Morgan fingerprint density at radius 2 is 2.00 bits per heavy atom. The van der Waals surface area contributed by atoms with Gasteiger partial charge in [0.1, 0.15) is 11.3 Å². The first-order valence-electron chi connectivity index (χ1n) is 10.4. The van der Waals surface area contributed by atoms with Crippen LogP contribution >= 0.6 is 11.8 Å². The summed E-state index contributed by atoms with van der Waals surface area (Å²) in [4.78, 5) is 37.4. The maximum atomic E-state index is 12.8. The molecule has 0 bridgehead atoms. The molecule has 0 unspecified atom stereocenters. The second-order valence-corrected chi connectivity index (χ2v) is 9.07. The summed E-state index contributed by atoms with van der Waals surface area (Å²) in [5.74, 6) is 0.721. The summed E-state index contributed by atoms with van der Waals surface area (Å²) >= 11 is 1.04. The van der Waals surface area contributed by atoms with Gasteiger partial charge in [-0.1, -0.05) is 30.8 Å². The van der Waals surface area contributed by atoms with Gasteiger partial charge in [-0.05, 0) is 49.3 Å².